The van der Waals surface area contributed by atoms with E-state index < -0.39 is 5.97 Å². The van der Waals surface area contributed by atoms with Crippen LogP contribution in [0.2, 0.25) is 0 Å². The third-order valence-corrected chi connectivity index (χ3v) is 3.16. The van der Waals surface area contributed by atoms with Crippen LogP contribution >= 0.6 is 0 Å². The number of carbonyl (C=O) groups is 1. The number of nitrogens with zero attached hydrogens (tertiary/aromatic N) is 3. The van der Waals surface area contributed by atoms with E-state index in [1.165, 1.54) is 0 Å². The van der Waals surface area contributed by atoms with Crippen LogP contribution in [0.25, 0.3) is 11.0 Å². The summed E-state index contributed by atoms with van der Waals surface area (Å²) >= 11 is 0. The molecule has 5 heteroatoms. The molecule has 2 aromatic heterocycles. The molecule has 0 radical (unpaired) electrons. The SMILES string of the molecule is Cc1cccc(Cn2cnc3c(C(=O)O)cccc32)n1. The van der Waals surface area contributed by atoms with Gasteiger partial charge in [-0.25, -0.2) is 9.78 Å². The number of aromatic carboxylic acids is 1. The summed E-state index contributed by atoms with van der Waals surface area (Å²) in [4.78, 5) is 19.8. The predicted octanol–water partition coefficient (Wildman–Crippen LogP) is 2.49. The van der Waals surface area contributed by atoms with Gasteiger partial charge in [-0.05, 0) is 31.2 Å². The molecule has 0 saturated carbocycles. The minimum absolute atomic E-state index is 0.221. The molecule has 20 heavy (non-hydrogen) atoms. The number of hydrogen-bond donors (Lipinski definition) is 1. The van der Waals surface area contributed by atoms with Crippen LogP contribution in [0.5, 0.6) is 0 Å². The first kappa shape index (κ1) is 12.3. The van der Waals surface area contributed by atoms with Crippen LogP contribution in [0, 0.1) is 6.92 Å². The Bertz CT molecular complexity index is 793. The monoisotopic (exact) mass is 267 g/mol. The first-order chi connectivity index (χ1) is 9.65. The van der Waals surface area contributed by atoms with Crippen LogP contribution in [0.4, 0.5) is 0 Å². The molecule has 0 spiro atoms. The molecule has 0 aliphatic carbocycles. The number of imidazole rings is 1. The van der Waals surface area contributed by atoms with Crippen molar-refractivity contribution in [3.05, 3.63) is 59.7 Å². The summed E-state index contributed by atoms with van der Waals surface area (Å²) in [5.74, 6) is -0.963. The molecule has 3 aromatic rings. The zero-order chi connectivity index (χ0) is 14.1. The topological polar surface area (TPSA) is 68.0 Å². The summed E-state index contributed by atoms with van der Waals surface area (Å²) in [6.45, 7) is 2.51. The van der Waals surface area contributed by atoms with Crippen LogP contribution in [0.3, 0.4) is 0 Å². The van der Waals surface area contributed by atoms with Crippen LogP contribution in [0.15, 0.2) is 42.7 Å². The van der Waals surface area contributed by atoms with Crippen LogP contribution < -0.4 is 0 Å². The van der Waals surface area contributed by atoms with Crippen molar-refractivity contribution < 1.29 is 9.90 Å². The molecule has 3 rings (SSSR count). The summed E-state index contributed by atoms with van der Waals surface area (Å²) in [5.41, 5.74) is 3.41. The van der Waals surface area contributed by atoms with Crippen molar-refractivity contribution in [2.75, 3.05) is 0 Å². The highest BCUT2D eigenvalue weighted by molar-refractivity contribution is 6.00. The third-order valence-electron chi connectivity index (χ3n) is 3.16. The highest BCUT2D eigenvalue weighted by Crippen LogP contribution is 2.18. The van der Waals surface area contributed by atoms with E-state index in [1.54, 1.807) is 18.5 Å². The molecule has 1 N–H and O–H groups in total. The Hall–Kier alpha value is -2.69. The second kappa shape index (κ2) is 4.77. The molecule has 0 aliphatic heterocycles. The van der Waals surface area contributed by atoms with Crippen molar-refractivity contribution >= 4 is 17.0 Å². The van der Waals surface area contributed by atoms with Gasteiger partial charge in [0.1, 0.15) is 5.52 Å². The van der Waals surface area contributed by atoms with Crippen LogP contribution in [0.1, 0.15) is 21.7 Å². The number of aryl methyl sites for hydroxylation is 1. The van der Waals surface area contributed by atoms with E-state index in [9.17, 15) is 4.79 Å². The van der Waals surface area contributed by atoms with Crippen molar-refractivity contribution in [1.82, 2.24) is 14.5 Å². The van der Waals surface area contributed by atoms with E-state index in [2.05, 4.69) is 9.97 Å². The van der Waals surface area contributed by atoms with Crippen molar-refractivity contribution in [3.63, 3.8) is 0 Å². The van der Waals surface area contributed by atoms with Gasteiger partial charge in [0.15, 0.2) is 0 Å². The van der Waals surface area contributed by atoms with Crippen molar-refractivity contribution in [1.29, 1.82) is 0 Å². The minimum atomic E-state index is -0.963. The van der Waals surface area contributed by atoms with E-state index in [1.807, 2.05) is 35.8 Å². The highest BCUT2D eigenvalue weighted by Gasteiger charge is 2.12. The lowest BCUT2D eigenvalue weighted by Crippen LogP contribution is -2.02. The Morgan fingerprint density at radius 1 is 1.25 bits per heavy atom. The fourth-order valence-corrected chi connectivity index (χ4v) is 2.25. The number of pyridine rings is 1. The summed E-state index contributed by atoms with van der Waals surface area (Å²) in [7, 11) is 0. The molecule has 1 aromatic carbocycles. The van der Waals surface area contributed by atoms with Gasteiger partial charge >= 0.3 is 5.97 Å². The van der Waals surface area contributed by atoms with E-state index >= 15 is 0 Å². The maximum Gasteiger partial charge on any atom is 0.337 e. The molecular weight excluding hydrogens is 254 g/mol. The molecule has 0 bridgehead atoms. The van der Waals surface area contributed by atoms with Crippen molar-refractivity contribution in [3.8, 4) is 0 Å². The highest BCUT2D eigenvalue weighted by atomic mass is 16.4. The number of carboxylic acids is 1. The Kier molecular flexibility index (Phi) is 2.95. The lowest BCUT2D eigenvalue weighted by atomic mass is 10.2. The number of para-hydroxylation sites is 1. The summed E-state index contributed by atoms with van der Waals surface area (Å²) in [6.07, 6.45) is 1.65. The fraction of sp³-hybridized carbons (Fsp3) is 0.133. The molecule has 0 atom stereocenters. The van der Waals surface area contributed by atoms with Gasteiger partial charge < -0.3 is 9.67 Å². The van der Waals surface area contributed by atoms with Crippen molar-refractivity contribution in [2.45, 2.75) is 13.5 Å². The number of benzene rings is 1. The van der Waals surface area contributed by atoms with Gasteiger partial charge in [0.2, 0.25) is 0 Å². The standard InChI is InChI=1S/C15H13N3O2/c1-10-4-2-5-11(17-10)8-18-9-16-14-12(15(19)20)6-3-7-13(14)18/h2-7,9H,8H2,1H3,(H,19,20). The Labute approximate surface area is 115 Å². The van der Waals surface area contributed by atoms with Gasteiger partial charge in [-0.2, -0.15) is 0 Å². The Morgan fingerprint density at radius 3 is 2.80 bits per heavy atom. The summed E-state index contributed by atoms with van der Waals surface area (Å²) in [6, 6.07) is 11.0. The first-order valence-electron chi connectivity index (χ1n) is 6.25. The Balaban J connectivity index is 2.05. The second-order valence-electron chi connectivity index (χ2n) is 4.62. The number of hydrogen-bond acceptors (Lipinski definition) is 3. The zero-order valence-corrected chi connectivity index (χ0v) is 10.9. The average Bonchev–Trinajstić information content (AvgIpc) is 2.82. The lowest BCUT2D eigenvalue weighted by molar-refractivity contribution is 0.0699. The van der Waals surface area contributed by atoms with Crippen LogP contribution in [-0.2, 0) is 6.54 Å². The molecule has 2 heterocycles. The molecule has 0 fully saturated rings. The maximum atomic E-state index is 11.2. The molecule has 0 amide bonds. The number of fused-ring (bicyclic) bond motifs is 1. The quantitative estimate of drug-likeness (QED) is 0.791. The van der Waals surface area contributed by atoms with E-state index in [4.69, 9.17) is 5.11 Å². The van der Waals surface area contributed by atoms with Crippen molar-refractivity contribution in [2.24, 2.45) is 0 Å². The maximum absolute atomic E-state index is 11.2. The van der Waals surface area contributed by atoms with Gasteiger partial charge in [0, 0.05) is 5.69 Å². The first-order valence-corrected chi connectivity index (χ1v) is 6.25. The molecule has 0 saturated heterocycles. The Morgan fingerprint density at radius 2 is 2.05 bits per heavy atom. The smallest absolute Gasteiger partial charge is 0.337 e. The fourth-order valence-electron chi connectivity index (χ4n) is 2.25. The van der Waals surface area contributed by atoms with Gasteiger partial charge in [-0.1, -0.05) is 12.1 Å². The molecule has 5 nitrogen and oxygen atoms in total. The minimum Gasteiger partial charge on any atom is -0.478 e. The molecule has 100 valence electrons. The third kappa shape index (κ3) is 2.14. The van der Waals surface area contributed by atoms with Gasteiger partial charge in [0.05, 0.1) is 29.6 Å². The molecule has 0 unspecified atom stereocenters. The normalized spacial score (nSPS) is 10.8. The number of carboxylic acid groups (broad SMARTS) is 1. The lowest BCUT2D eigenvalue weighted by Gasteiger charge is -2.05. The molecule has 0 aliphatic rings. The average molecular weight is 267 g/mol. The summed E-state index contributed by atoms with van der Waals surface area (Å²) < 4.78 is 1.91. The van der Waals surface area contributed by atoms with E-state index in [-0.39, 0.29) is 5.56 Å². The zero-order valence-electron chi connectivity index (χ0n) is 10.9. The van der Waals surface area contributed by atoms with Gasteiger partial charge in [-0.3, -0.25) is 4.98 Å². The number of aromatic nitrogens is 3. The van der Waals surface area contributed by atoms with Gasteiger partial charge in [0.25, 0.3) is 0 Å². The summed E-state index contributed by atoms with van der Waals surface area (Å²) in [5, 5.41) is 9.16. The van der Waals surface area contributed by atoms with Gasteiger partial charge in [-0.15, -0.1) is 0 Å². The second-order valence-corrected chi connectivity index (χ2v) is 4.62. The largest absolute Gasteiger partial charge is 0.478 e. The predicted molar refractivity (Wildman–Crippen MR) is 74.8 cm³/mol. The molecular formula is C15H13N3O2. The number of rotatable bonds is 3. The van der Waals surface area contributed by atoms with E-state index in [0.29, 0.717) is 12.1 Å². The van der Waals surface area contributed by atoms with Crippen LogP contribution in [-0.4, -0.2) is 25.6 Å². The van der Waals surface area contributed by atoms with E-state index in [0.717, 1.165) is 16.9 Å².